The normalized spacial score (nSPS) is 14.0. The third-order valence-corrected chi connectivity index (χ3v) is 6.51. The van der Waals surface area contributed by atoms with Crippen molar-refractivity contribution in [1.82, 2.24) is 0 Å². The Kier molecular flexibility index (Phi) is 5.41. The molecule has 3 aromatic carbocycles. The molecule has 0 aliphatic heterocycles. The average molecular weight is 426 g/mol. The molecule has 0 atom stereocenters. The van der Waals surface area contributed by atoms with Crippen LogP contribution < -0.4 is 11.1 Å². The summed E-state index contributed by atoms with van der Waals surface area (Å²) in [4.78, 5) is 13.4. The molecule has 4 heteroatoms. The molecule has 0 unspecified atom stereocenters. The molecule has 4 nitrogen and oxygen atoms in total. The minimum Gasteiger partial charge on any atom is -0.396 e. The van der Waals surface area contributed by atoms with E-state index in [2.05, 4.69) is 64.2 Å². The molecule has 4 N–H and O–H groups in total. The van der Waals surface area contributed by atoms with Gasteiger partial charge in [-0.1, -0.05) is 64.1 Å². The lowest BCUT2D eigenvalue weighted by Crippen LogP contribution is -2.31. The second kappa shape index (κ2) is 7.94. The van der Waals surface area contributed by atoms with Crippen LogP contribution in [0.3, 0.4) is 0 Å². The highest BCUT2D eigenvalue weighted by atomic mass is 16.1. The van der Waals surface area contributed by atoms with Gasteiger partial charge in [-0.25, -0.2) is 0 Å². The van der Waals surface area contributed by atoms with Crippen molar-refractivity contribution in [3.63, 3.8) is 0 Å². The van der Waals surface area contributed by atoms with Crippen molar-refractivity contribution in [2.75, 3.05) is 5.32 Å². The van der Waals surface area contributed by atoms with E-state index < -0.39 is 0 Å². The van der Waals surface area contributed by atoms with E-state index >= 15 is 0 Å². The van der Waals surface area contributed by atoms with Crippen LogP contribution >= 0.6 is 0 Å². The van der Waals surface area contributed by atoms with Crippen molar-refractivity contribution >= 4 is 33.7 Å². The highest BCUT2D eigenvalue weighted by Crippen LogP contribution is 2.38. The van der Waals surface area contributed by atoms with Gasteiger partial charge in [0.2, 0.25) is 5.78 Å². The number of nitrogens with one attached hydrogen (secondary N) is 2. The van der Waals surface area contributed by atoms with Gasteiger partial charge in [-0.05, 0) is 64.8 Å². The van der Waals surface area contributed by atoms with Crippen molar-refractivity contribution in [3.05, 3.63) is 81.5 Å². The zero-order chi connectivity index (χ0) is 23.3. The number of rotatable bonds is 4. The van der Waals surface area contributed by atoms with E-state index in [1.807, 2.05) is 25.1 Å². The summed E-state index contributed by atoms with van der Waals surface area (Å²) in [6, 6.07) is 14.3. The Morgan fingerprint density at radius 1 is 0.938 bits per heavy atom. The number of Topliss-reactive ketones (excluding diaryl/α,β-unsaturated/α-hetero) is 1. The van der Waals surface area contributed by atoms with Gasteiger partial charge in [0, 0.05) is 16.8 Å². The number of para-hydroxylation sites is 1. The molecule has 0 saturated heterocycles. The number of ketones is 1. The Morgan fingerprint density at radius 2 is 1.53 bits per heavy atom. The molecule has 0 saturated carbocycles. The number of anilines is 1. The molecule has 0 aromatic heterocycles. The average Bonchev–Trinajstić information content (AvgIpc) is 2.74. The molecule has 4 rings (SSSR count). The Hall–Kier alpha value is -3.40. The fraction of sp³-hybridized carbons (Fsp3) is 0.286. The van der Waals surface area contributed by atoms with Gasteiger partial charge in [0.05, 0.1) is 5.70 Å². The van der Waals surface area contributed by atoms with Gasteiger partial charge in [-0.15, -0.1) is 0 Å². The summed E-state index contributed by atoms with van der Waals surface area (Å²) in [5.41, 5.74) is 14.1. The van der Waals surface area contributed by atoms with E-state index in [1.54, 1.807) is 0 Å². The molecule has 0 bridgehead atoms. The van der Waals surface area contributed by atoms with Crippen LogP contribution in [0.25, 0.3) is 16.5 Å². The second-order valence-corrected chi connectivity index (χ2v) is 9.34. The first-order valence-corrected chi connectivity index (χ1v) is 11.2. The number of fused-ring (bicyclic) bond motifs is 2. The molecule has 0 radical (unpaired) electrons. The van der Waals surface area contributed by atoms with Crippen molar-refractivity contribution < 1.29 is 4.79 Å². The molecule has 0 spiro atoms. The molecule has 164 valence electrons. The molecule has 1 aliphatic carbocycles. The fourth-order valence-corrected chi connectivity index (χ4v) is 4.86. The fourth-order valence-electron chi connectivity index (χ4n) is 4.86. The predicted octanol–water partition coefficient (Wildman–Crippen LogP) is 6.39. The van der Waals surface area contributed by atoms with Gasteiger partial charge in [-0.3, -0.25) is 10.2 Å². The molecular formula is C28H31N3O. The minimum atomic E-state index is -0.366. The first-order valence-electron chi connectivity index (χ1n) is 11.2. The molecule has 32 heavy (non-hydrogen) atoms. The van der Waals surface area contributed by atoms with Gasteiger partial charge in [0.1, 0.15) is 11.4 Å². The van der Waals surface area contributed by atoms with Crippen LogP contribution in [0, 0.1) is 19.3 Å². The Morgan fingerprint density at radius 3 is 2.12 bits per heavy atom. The topological polar surface area (TPSA) is 79.0 Å². The van der Waals surface area contributed by atoms with E-state index in [0.717, 1.165) is 44.3 Å². The number of aryl methyl sites for hydroxylation is 2. The lowest BCUT2D eigenvalue weighted by molar-refractivity contribution is -0.109. The zero-order valence-corrected chi connectivity index (χ0v) is 19.7. The van der Waals surface area contributed by atoms with Crippen LogP contribution in [-0.2, 0) is 4.79 Å². The number of benzene rings is 3. The standard InChI is InChI=1S/C28H31N3O/c1-14(2)19-11-8-12-20(15(3)4)26(19)31-27-25(30)23-17(6)22-16(5)9-7-10-18(22)13-21(23)24(29)28(27)32/h7-15,29,31H,30H2,1-6H3. The van der Waals surface area contributed by atoms with E-state index in [4.69, 9.17) is 11.1 Å². The van der Waals surface area contributed by atoms with Gasteiger partial charge in [0.25, 0.3) is 0 Å². The van der Waals surface area contributed by atoms with Crippen LogP contribution in [0.5, 0.6) is 0 Å². The summed E-state index contributed by atoms with van der Waals surface area (Å²) in [5, 5.41) is 14.2. The highest BCUT2D eigenvalue weighted by Gasteiger charge is 2.32. The number of carbonyl (C=O) groups excluding carboxylic acids is 1. The Labute approximate surface area is 190 Å². The number of hydrogen-bond acceptors (Lipinski definition) is 4. The van der Waals surface area contributed by atoms with Crippen molar-refractivity contribution in [3.8, 4) is 0 Å². The summed E-state index contributed by atoms with van der Waals surface area (Å²) in [7, 11) is 0. The molecule has 0 fully saturated rings. The van der Waals surface area contributed by atoms with Crippen molar-refractivity contribution in [2.45, 2.75) is 53.4 Å². The molecule has 0 amide bonds. The third-order valence-electron chi connectivity index (χ3n) is 6.51. The first kappa shape index (κ1) is 21.8. The summed E-state index contributed by atoms with van der Waals surface area (Å²) in [6.45, 7) is 12.7. The van der Waals surface area contributed by atoms with Crippen molar-refractivity contribution in [2.24, 2.45) is 5.73 Å². The summed E-state index contributed by atoms with van der Waals surface area (Å²) in [5.74, 6) is 0.184. The van der Waals surface area contributed by atoms with Gasteiger partial charge >= 0.3 is 0 Å². The second-order valence-electron chi connectivity index (χ2n) is 9.34. The molecular weight excluding hydrogens is 394 g/mol. The lowest BCUT2D eigenvalue weighted by Gasteiger charge is -2.27. The van der Waals surface area contributed by atoms with Gasteiger partial charge < -0.3 is 11.1 Å². The summed E-state index contributed by atoms with van der Waals surface area (Å²) >= 11 is 0. The number of hydrogen-bond donors (Lipinski definition) is 3. The molecule has 1 aliphatic rings. The van der Waals surface area contributed by atoms with Crippen LogP contribution in [0.1, 0.15) is 72.9 Å². The third kappa shape index (κ3) is 3.31. The smallest absolute Gasteiger partial charge is 0.229 e. The van der Waals surface area contributed by atoms with E-state index in [9.17, 15) is 4.79 Å². The number of carbonyl (C=O) groups is 1. The van der Waals surface area contributed by atoms with Crippen molar-refractivity contribution in [1.29, 1.82) is 5.41 Å². The van der Waals surface area contributed by atoms with Crippen LogP contribution in [0.4, 0.5) is 5.69 Å². The SMILES string of the molecule is Cc1cccc2cc3c(c(C)c12)C(N)=C(Nc1c(C(C)C)cccc1C(C)C)C(=O)C3=N. The first-order chi connectivity index (χ1) is 15.1. The molecule has 3 aromatic rings. The summed E-state index contributed by atoms with van der Waals surface area (Å²) in [6.07, 6.45) is 0. The highest BCUT2D eigenvalue weighted by molar-refractivity contribution is 6.54. The van der Waals surface area contributed by atoms with Crippen LogP contribution in [-0.4, -0.2) is 11.5 Å². The van der Waals surface area contributed by atoms with Gasteiger partial charge in [-0.2, -0.15) is 0 Å². The zero-order valence-electron chi connectivity index (χ0n) is 19.7. The predicted molar refractivity (Wildman–Crippen MR) is 135 cm³/mol. The maximum Gasteiger partial charge on any atom is 0.229 e. The monoisotopic (exact) mass is 425 g/mol. The quantitative estimate of drug-likeness (QED) is 0.453. The minimum absolute atomic E-state index is 0.0173. The van der Waals surface area contributed by atoms with E-state index in [-0.39, 0.29) is 23.3 Å². The Balaban J connectivity index is 1.98. The lowest BCUT2D eigenvalue weighted by atomic mass is 9.83. The number of allylic oxidation sites excluding steroid dienone is 1. The van der Waals surface area contributed by atoms with Crippen LogP contribution in [0.2, 0.25) is 0 Å². The maximum absolute atomic E-state index is 13.4. The number of nitrogens with two attached hydrogens (primary N) is 1. The van der Waals surface area contributed by atoms with Crippen LogP contribution in [0.15, 0.2) is 48.2 Å². The van der Waals surface area contributed by atoms with E-state index in [0.29, 0.717) is 17.0 Å². The largest absolute Gasteiger partial charge is 0.396 e. The van der Waals surface area contributed by atoms with Gasteiger partial charge in [0.15, 0.2) is 0 Å². The summed E-state index contributed by atoms with van der Waals surface area (Å²) < 4.78 is 0. The molecule has 0 heterocycles. The maximum atomic E-state index is 13.4. The Bertz CT molecular complexity index is 1290. The van der Waals surface area contributed by atoms with E-state index in [1.165, 1.54) is 0 Å².